The number of ether oxygens (including phenoxy) is 2. The Kier molecular flexibility index (Phi) is 5.36. The summed E-state index contributed by atoms with van der Waals surface area (Å²) in [6.45, 7) is 2.05. The number of hydrogen-bond donors (Lipinski definition) is 1. The molecule has 2 aliphatic heterocycles. The smallest absolute Gasteiger partial charge is 0.259 e. The minimum absolute atomic E-state index is 0.0963. The first kappa shape index (κ1) is 20.3. The Morgan fingerprint density at radius 2 is 1.97 bits per heavy atom. The van der Waals surface area contributed by atoms with Gasteiger partial charge in [-0.2, -0.15) is 0 Å². The summed E-state index contributed by atoms with van der Waals surface area (Å²) in [4.78, 5) is 26.7. The van der Waals surface area contributed by atoms with E-state index in [9.17, 15) is 4.79 Å². The van der Waals surface area contributed by atoms with Gasteiger partial charge in [0, 0.05) is 37.1 Å². The fourth-order valence-corrected chi connectivity index (χ4v) is 4.05. The molecule has 2 aromatic carbocycles. The third-order valence-electron chi connectivity index (χ3n) is 5.92. The van der Waals surface area contributed by atoms with Crippen molar-refractivity contribution in [2.75, 3.05) is 39.3 Å². The van der Waals surface area contributed by atoms with Crippen LogP contribution in [0.3, 0.4) is 0 Å². The van der Waals surface area contributed by atoms with Crippen molar-refractivity contribution in [1.29, 1.82) is 0 Å². The molecule has 1 saturated heterocycles. The van der Waals surface area contributed by atoms with Crippen LogP contribution >= 0.6 is 0 Å². The molecule has 1 N–H and O–H groups in total. The first-order chi connectivity index (χ1) is 15.6. The lowest BCUT2D eigenvalue weighted by Gasteiger charge is -2.25. The maximum Gasteiger partial charge on any atom is 0.259 e. The summed E-state index contributed by atoms with van der Waals surface area (Å²) in [6, 6.07) is 15.4. The minimum Gasteiger partial charge on any atom is -0.454 e. The fourth-order valence-electron chi connectivity index (χ4n) is 4.05. The van der Waals surface area contributed by atoms with Crippen LogP contribution in [-0.2, 0) is 0 Å². The molecule has 1 aromatic heterocycles. The van der Waals surface area contributed by atoms with Gasteiger partial charge in [-0.25, -0.2) is 9.97 Å². The number of benzene rings is 2. The molecule has 0 spiro atoms. The molecule has 5 rings (SSSR count). The zero-order chi connectivity index (χ0) is 22.1. The average molecular weight is 431 g/mol. The number of nitrogens with zero attached hydrogens (tertiary/aromatic N) is 4. The molecule has 1 atom stereocenters. The molecule has 1 amide bonds. The van der Waals surface area contributed by atoms with Crippen LogP contribution in [0.1, 0.15) is 16.8 Å². The standard InChI is InChI=1S/C24H25N5O3/c1-28-11-10-18(14-28)29(2)24(30)19-13-25-22(16-8-9-20-21(12-16)32-15-31-20)27-23(19)26-17-6-4-3-5-7-17/h3-9,12-13,18H,10-11,14-15H2,1-2H3,(H,25,26,27). The lowest BCUT2D eigenvalue weighted by atomic mass is 10.1. The number of carbonyl (C=O) groups is 1. The van der Waals surface area contributed by atoms with Gasteiger partial charge in [0.15, 0.2) is 17.3 Å². The maximum absolute atomic E-state index is 13.4. The van der Waals surface area contributed by atoms with E-state index in [-0.39, 0.29) is 18.7 Å². The van der Waals surface area contributed by atoms with Crippen molar-refractivity contribution < 1.29 is 14.3 Å². The van der Waals surface area contributed by atoms with Gasteiger partial charge in [-0.1, -0.05) is 18.2 Å². The van der Waals surface area contributed by atoms with Crippen molar-refractivity contribution in [2.45, 2.75) is 12.5 Å². The second-order valence-corrected chi connectivity index (χ2v) is 8.14. The normalized spacial score (nSPS) is 17.4. The van der Waals surface area contributed by atoms with Gasteiger partial charge in [0.2, 0.25) is 6.79 Å². The zero-order valence-corrected chi connectivity index (χ0v) is 18.1. The Bertz CT molecular complexity index is 1140. The highest BCUT2D eigenvalue weighted by molar-refractivity contribution is 5.99. The van der Waals surface area contributed by atoms with Crippen LogP contribution in [0.25, 0.3) is 11.4 Å². The van der Waals surface area contributed by atoms with Crippen molar-refractivity contribution >= 4 is 17.4 Å². The van der Waals surface area contributed by atoms with Gasteiger partial charge in [-0.05, 0) is 50.3 Å². The van der Waals surface area contributed by atoms with E-state index in [0.717, 1.165) is 30.8 Å². The number of para-hydroxylation sites is 1. The lowest BCUT2D eigenvalue weighted by Crippen LogP contribution is -2.39. The van der Waals surface area contributed by atoms with Crippen molar-refractivity contribution in [2.24, 2.45) is 0 Å². The lowest BCUT2D eigenvalue weighted by molar-refractivity contribution is 0.0738. The quantitative estimate of drug-likeness (QED) is 0.663. The topological polar surface area (TPSA) is 79.8 Å². The summed E-state index contributed by atoms with van der Waals surface area (Å²) in [5.74, 6) is 2.24. The van der Waals surface area contributed by atoms with Gasteiger partial charge in [0.05, 0.1) is 0 Å². The highest BCUT2D eigenvalue weighted by Gasteiger charge is 2.29. The average Bonchev–Trinajstić information content (AvgIpc) is 3.47. The Morgan fingerprint density at radius 1 is 1.16 bits per heavy atom. The predicted molar refractivity (Wildman–Crippen MR) is 121 cm³/mol. The summed E-state index contributed by atoms with van der Waals surface area (Å²) in [7, 11) is 3.92. The van der Waals surface area contributed by atoms with Crippen LogP contribution in [0.5, 0.6) is 11.5 Å². The second kappa shape index (κ2) is 8.47. The van der Waals surface area contributed by atoms with Gasteiger partial charge in [-0.3, -0.25) is 4.79 Å². The van der Waals surface area contributed by atoms with Crippen LogP contribution in [0.4, 0.5) is 11.5 Å². The fraction of sp³-hybridized carbons (Fsp3) is 0.292. The number of fused-ring (bicyclic) bond motifs is 1. The van der Waals surface area contributed by atoms with E-state index in [1.54, 1.807) is 11.1 Å². The number of likely N-dealkylation sites (N-methyl/N-ethyl adjacent to an activating group) is 2. The van der Waals surface area contributed by atoms with E-state index in [2.05, 4.69) is 22.2 Å². The van der Waals surface area contributed by atoms with E-state index in [1.165, 1.54) is 0 Å². The molecule has 0 aliphatic carbocycles. The highest BCUT2D eigenvalue weighted by Crippen LogP contribution is 2.35. The largest absolute Gasteiger partial charge is 0.454 e. The number of hydrogen-bond acceptors (Lipinski definition) is 7. The van der Waals surface area contributed by atoms with Gasteiger partial charge >= 0.3 is 0 Å². The summed E-state index contributed by atoms with van der Waals surface area (Å²) in [5.41, 5.74) is 2.07. The Balaban J connectivity index is 1.50. The third-order valence-corrected chi connectivity index (χ3v) is 5.92. The van der Waals surface area contributed by atoms with Crippen molar-refractivity contribution in [3.63, 3.8) is 0 Å². The van der Waals surface area contributed by atoms with Crippen LogP contribution in [0.2, 0.25) is 0 Å². The molecular formula is C24H25N5O3. The van der Waals surface area contributed by atoms with Crippen LogP contribution in [0.15, 0.2) is 54.7 Å². The number of aromatic nitrogens is 2. The van der Waals surface area contributed by atoms with E-state index < -0.39 is 0 Å². The first-order valence-electron chi connectivity index (χ1n) is 10.6. The number of anilines is 2. The van der Waals surface area contributed by atoms with Crippen molar-refractivity contribution in [3.8, 4) is 22.9 Å². The van der Waals surface area contributed by atoms with E-state index >= 15 is 0 Å². The Hall–Kier alpha value is -3.65. The SMILES string of the molecule is CN1CCC(N(C)C(=O)c2cnc(-c3ccc4c(c3)OCO4)nc2Nc2ccccc2)C1. The molecule has 8 nitrogen and oxygen atoms in total. The highest BCUT2D eigenvalue weighted by atomic mass is 16.7. The molecule has 0 radical (unpaired) electrons. The Morgan fingerprint density at radius 3 is 2.75 bits per heavy atom. The zero-order valence-electron chi connectivity index (χ0n) is 18.1. The van der Waals surface area contributed by atoms with Gasteiger partial charge in [0.1, 0.15) is 11.4 Å². The molecule has 3 heterocycles. The monoisotopic (exact) mass is 431 g/mol. The molecule has 0 saturated carbocycles. The second-order valence-electron chi connectivity index (χ2n) is 8.14. The molecule has 1 fully saturated rings. The van der Waals surface area contributed by atoms with Gasteiger partial charge in [0.25, 0.3) is 5.91 Å². The van der Waals surface area contributed by atoms with Crippen LogP contribution < -0.4 is 14.8 Å². The maximum atomic E-state index is 13.4. The molecule has 8 heteroatoms. The van der Waals surface area contributed by atoms with Crippen LogP contribution in [-0.4, -0.2) is 65.7 Å². The number of rotatable bonds is 5. The number of carbonyl (C=O) groups excluding carboxylic acids is 1. The Labute approximate surface area is 186 Å². The summed E-state index contributed by atoms with van der Waals surface area (Å²) in [5, 5.41) is 3.31. The third kappa shape index (κ3) is 3.97. The van der Waals surface area contributed by atoms with Gasteiger partial charge in [-0.15, -0.1) is 0 Å². The molecular weight excluding hydrogens is 406 g/mol. The van der Waals surface area contributed by atoms with Crippen molar-refractivity contribution in [1.82, 2.24) is 19.8 Å². The molecule has 2 aliphatic rings. The molecule has 32 heavy (non-hydrogen) atoms. The van der Waals surface area contributed by atoms with Gasteiger partial charge < -0.3 is 24.6 Å². The van der Waals surface area contributed by atoms with E-state index in [0.29, 0.717) is 28.7 Å². The van der Waals surface area contributed by atoms with E-state index in [1.807, 2.05) is 55.6 Å². The summed E-state index contributed by atoms with van der Waals surface area (Å²) < 4.78 is 10.9. The molecule has 3 aromatic rings. The summed E-state index contributed by atoms with van der Waals surface area (Å²) in [6.07, 6.45) is 2.56. The van der Waals surface area contributed by atoms with E-state index in [4.69, 9.17) is 14.5 Å². The summed E-state index contributed by atoms with van der Waals surface area (Å²) >= 11 is 0. The minimum atomic E-state index is -0.0963. The number of likely N-dealkylation sites (tertiary alicyclic amines) is 1. The predicted octanol–water partition coefficient (Wildman–Crippen LogP) is 3.39. The van der Waals surface area contributed by atoms with Crippen molar-refractivity contribution in [3.05, 3.63) is 60.3 Å². The molecule has 1 unspecified atom stereocenters. The molecule has 0 bridgehead atoms. The first-order valence-corrected chi connectivity index (χ1v) is 10.6. The number of nitrogens with one attached hydrogen (secondary N) is 1. The number of amides is 1. The van der Waals surface area contributed by atoms with Crippen LogP contribution in [0, 0.1) is 0 Å². The molecule has 164 valence electrons.